The molecule has 1 aliphatic heterocycles. The molecule has 4 rings (SSSR count). The Balaban J connectivity index is 1.88. The van der Waals surface area contributed by atoms with E-state index < -0.39 is 22.7 Å². The van der Waals surface area contributed by atoms with E-state index in [1.807, 2.05) is 0 Å². The van der Waals surface area contributed by atoms with Crippen molar-refractivity contribution in [2.75, 3.05) is 18.5 Å². The monoisotopic (exact) mass is 425 g/mol. The highest BCUT2D eigenvalue weighted by Gasteiger charge is 2.41. The van der Waals surface area contributed by atoms with Crippen LogP contribution in [0.1, 0.15) is 12.0 Å². The van der Waals surface area contributed by atoms with E-state index in [4.69, 9.17) is 27.9 Å². The molecule has 1 aromatic heterocycles. The molecule has 0 bridgehead atoms. The Labute approximate surface area is 168 Å². The molecule has 1 fully saturated rings. The summed E-state index contributed by atoms with van der Waals surface area (Å²) in [6.07, 6.45) is 1.64. The zero-order valence-corrected chi connectivity index (χ0v) is 16.2. The van der Waals surface area contributed by atoms with Gasteiger partial charge in [0, 0.05) is 31.3 Å². The van der Waals surface area contributed by atoms with E-state index in [0.717, 1.165) is 0 Å². The summed E-state index contributed by atoms with van der Waals surface area (Å²) >= 11 is 12.4. The van der Waals surface area contributed by atoms with Gasteiger partial charge in [0.25, 0.3) is 5.56 Å². The first-order valence-corrected chi connectivity index (χ1v) is 9.23. The van der Waals surface area contributed by atoms with E-state index in [1.165, 1.54) is 42.2 Å². The second-order valence-corrected chi connectivity index (χ2v) is 7.53. The molecule has 9 heteroatoms. The predicted molar refractivity (Wildman–Crippen MR) is 104 cm³/mol. The lowest BCUT2D eigenvalue weighted by Gasteiger charge is -2.32. The zero-order valence-electron chi connectivity index (χ0n) is 14.7. The number of hydrogen-bond donors (Lipinski definition) is 1. The lowest BCUT2D eigenvalue weighted by Crippen LogP contribution is -2.37. The minimum absolute atomic E-state index is 0.0302. The first-order valence-electron chi connectivity index (χ1n) is 8.47. The first-order chi connectivity index (χ1) is 13.3. The third-order valence-electron chi connectivity index (χ3n) is 4.90. The molecule has 1 unspecified atom stereocenters. The highest BCUT2D eigenvalue weighted by atomic mass is 35.5. The maximum absolute atomic E-state index is 14.7. The molecule has 1 N–H and O–H groups in total. The maximum atomic E-state index is 14.7. The number of anilines is 1. The third-order valence-corrected chi connectivity index (χ3v) is 5.71. The summed E-state index contributed by atoms with van der Waals surface area (Å²) in [4.78, 5) is 16.3. The molecule has 1 atom stereocenters. The molecular weight excluding hydrogens is 411 g/mol. The van der Waals surface area contributed by atoms with Gasteiger partial charge in [-0.3, -0.25) is 4.79 Å². The van der Waals surface area contributed by atoms with E-state index in [9.17, 15) is 13.6 Å². The number of nitrogens with one attached hydrogen (secondary N) is 1. The fourth-order valence-electron chi connectivity index (χ4n) is 3.52. The van der Waals surface area contributed by atoms with Crippen LogP contribution in [0.3, 0.4) is 0 Å². The minimum atomic E-state index is -1.06. The predicted octanol–water partition coefficient (Wildman–Crippen LogP) is 4.25. The molecule has 0 amide bonds. The SMILES string of the molecule is Cn1cnc2c(F)cc(NC3(c4c(F)ccc(Cl)c4Cl)CCOC3)cc2c1=O. The van der Waals surface area contributed by atoms with Crippen LogP contribution in [0, 0.1) is 11.6 Å². The smallest absolute Gasteiger partial charge is 0.261 e. The van der Waals surface area contributed by atoms with Crippen molar-refractivity contribution in [2.24, 2.45) is 7.05 Å². The van der Waals surface area contributed by atoms with Gasteiger partial charge in [0.15, 0.2) is 5.82 Å². The first kappa shape index (κ1) is 19.1. The van der Waals surface area contributed by atoms with Crippen LogP contribution in [-0.4, -0.2) is 22.8 Å². The normalized spacial score (nSPS) is 19.3. The van der Waals surface area contributed by atoms with Crippen molar-refractivity contribution in [1.29, 1.82) is 0 Å². The van der Waals surface area contributed by atoms with Gasteiger partial charge >= 0.3 is 0 Å². The Kier molecular flexibility index (Phi) is 4.77. The molecular formula is C19H15Cl2F2N3O2. The summed E-state index contributed by atoms with van der Waals surface area (Å²) in [5.41, 5.74) is -1.04. The van der Waals surface area contributed by atoms with Crippen LogP contribution in [0.4, 0.5) is 14.5 Å². The van der Waals surface area contributed by atoms with Gasteiger partial charge in [-0.1, -0.05) is 23.2 Å². The Morgan fingerprint density at radius 2 is 2.04 bits per heavy atom. The number of aryl methyl sites for hydroxylation is 1. The maximum Gasteiger partial charge on any atom is 0.261 e. The number of rotatable bonds is 3. The molecule has 0 aliphatic carbocycles. The molecule has 2 heterocycles. The summed E-state index contributed by atoms with van der Waals surface area (Å²) < 4.78 is 36.0. The second kappa shape index (κ2) is 6.99. The van der Waals surface area contributed by atoms with Crippen LogP contribution < -0.4 is 10.9 Å². The summed E-state index contributed by atoms with van der Waals surface area (Å²) in [7, 11) is 1.53. The van der Waals surface area contributed by atoms with Gasteiger partial charge in [-0.2, -0.15) is 0 Å². The molecule has 3 aromatic rings. The second-order valence-electron chi connectivity index (χ2n) is 6.74. The third kappa shape index (κ3) is 3.03. The van der Waals surface area contributed by atoms with E-state index in [-0.39, 0.29) is 38.8 Å². The molecule has 146 valence electrons. The molecule has 2 aromatic carbocycles. The van der Waals surface area contributed by atoms with Gasteiger partial charge in [-0.15, -0.1) is 0 Å². The fourth-order valence-corrected chi connectivity index (χ4v) is 4.01. The number of aromatic nitrogens is 2. The van der Waals surface area contributed by atoms with Crippen LogP contribution in [0.5, 0.6) is 0 Å². The van der Waals surface area contributed by atoms with E-state index >= 15 is 0 Å². The zero-order chi connectivity index (χ0) is 20.1. The average Bonchev–Trinajstić information content (AvgIpc) is 3.11. The molecule has 5 nitrogen and oxygen atoms in total. The van der Waals surface area contributed by atoms with Crippen LogP contribution in [0.25, 0.3) is 10.9 Å². The Morgan fingerprint density at radius 1 is 1.25 bits per heavy atom. The summed E-state index contributed by atoms with van der Waals surface area (Å²) in [6.45, 7) is 0.462. The van der Waals surface area contributed by atoms with Crippen molar-refractivity contribution >= 4 is 39.8 Å². The molecule has 0 saturated carbocycles. The summed E-state index contributed by atoms with van der Waals surface area (Å²) in [6, 6.07) is 5.30. The lowest BCUT2D eigenvalue weighted by atomic mass is 9.88. The number of halogens is 4. The number of nitrogens with zero attached hydrogens (tertiary/aromatic N) is 2. The van der Waals surface area contributed by atoms with Crippen molar-refractivity contribution in [3.05, 3.63) is 68.2 Å². The molecule has 0 spiro atoms. The average molecular weight is 426 g/mol. The van der Waals surface area contributed by atoms with Crippen LogP contribution in [-0.2, 0) is 17.3 Å². The molecule has 28 heavy (non-hydrogen) atoms. The van der Waals surface area contributed by atoms with E-state index in [1.54, 1.807) is 0 Å². The summed E-state index contributed by atoms with van der Waals surface area (Å²) in [5.74, 6) is -1.21. The quantitative estimate of drug-likeness (QED) is 0.637. The molecule has 1 saturated heterocycles. The Bertz CT molecular complexity index is 1140. The van der Waals surface area contributed by atoms with Crippen molar-refractivity contribution in [1.82, 2.24) is 9.55 Å². The van der Waals surface area contributed by atoms with E-state index in [0.29, 0.717) is 13.0 Å². The standard InChI is InChI=1S/C19H15Cl2F2N3O2/c1-26-9-24-17-11(18(26)27)6-10(7-14(17)23)25-19(4-5-28-8-19)15-13(22)3-2-12(20)16(15)21/h2-3,6-7,9,25H,4-5,8H2,1H3. The Morgan fingerprint density at radius 3 is 2.75 bits per heavy atom. The highest BCUT2D eigenvalue weighted by Crippen LogP contribution is 2.42. The molecule has 1 aliphatic rings. The number of fused-ring (bicyclic) bond motifs is 1. The van der Waals surface area contributed by atoms with Gasteiger partial charge in [-0.05, 0) is 24.3 Å². The number of ether oxygens (including phenoxy) is 1. The van der Waals surface area contributed by atoms with Gasteiger partial charge < -0.3 is 14.6 Å². The van der Waals surface area contributed by atoms with Crippen molar-refractivity contribution < 1.29 is 13.5 Å². The number of hydrogen-bond acceptors (Lipinski definition) is 4. The van der Waals surface area contributed by atoms with Crippen LogP contribution in [0.2, 0.25) is 10.0 Å². The highest BCUT2D eigenvalue weighted by molar-refractivity contribution is 6.42. The van der Waals surface area contributed by atoms with Gasteiger partial charge in [-0.25, -0.2) is 13.8 Å². The van der Waals surface area contributed by atoms with Gasteiger partial charge in [0.1, 0.15) is 11.3 Å². The molecule has 0 radical (unpaired) electrons. The fraction of sp³-hybridized carbons (Fsp3) is 0.263. The largest absolute Gasteiger partial charge is 0.379 e. The van der Waals surface area contributed by atoms with Crippen molar-refractivity contribution in [3.63, 3.8) is 0 Å². The summed E-state index contributed by atoms with van der Waals surface area (Å²) in [5, 5.41) is 3.52. The van der Waals surface area contributed by atoms with Crippen molar-refractivity contribution in [3.8, 4) is 0 Å². The number of benzene rings is 2. The van der Waals surface area contributed by atoms with E-state index in [2.05, 4.69) is 10.3 Å². The topological polar surface area (TPSA) is 56.1 Å². The van der Waals surface area contributed by atoms with Crippen LogP contribution in [0.15, 0.2) is 35.4 Å². The Hall–Kier alpha value is -2.22. The van der Waals surface area contributed by atoms with Crippen molar-refractivity contribution in [2.45, 2.75) is 12.0 Å². The van der Waals surface area contributed by atoms with Gasteiger partial charge in [0.05, 0.1) is 33.9 Å². The minimum Gasteiger partial charge on any atom is -0.379 e. The van der Waals surface area contributed by atoms with Gasteiger partial charge in [0.2, 0.25) is 0 Å². The van der Waals surface area contributed by atoms with Crippen LogP contribution >= 0.6 is 23.2 Å². The lowest BCUT2D eigenvalue weighted by molar-refractivity contribution is 0.181.